The van der Waals surface area contributed by atoms with E-state index in [0.717, 1.165) is 36.9 Å². The third-order valence-electron chi connectivity index (χ3n) is 6.09. The molecule has 0 unspecified atom stereocenters. The zero-order valence-electron chi connectivity index (χ0n) is 16.5. The van der Waals surface area contributed by atoms with Gasteiger partial charge in [0.1, 0.15) is 11.1 Å². The maximum atomic E-state index is 13.2. The molecule has 0 aromatic carbocycles. The van der Waals surface area contributed by atoms with Crippen LogP contribution in [0.25, 0.3) is 0 Å². The van der Waals surface area contributed by atoms with Gasteiger partial charge in [-0.2, -0.15) is 10.4 Å². The highest BCUT2D eigenvalue weighted by Gasteiger charge is 2.32. The van der Waals surface area contributed by atoms with E-state index in [2.05, 4.69) is 21.2 Å². The van der Waals surface area contributed by atoms with E-state index in [-0.39, 0.29) is 5.91 Å². The highest BCUT2D eigenvalue weighted by molar-refractivity contribution is 7.99. The average Bonchev–Trinajstić information content (AvgIpc) is 2.71. The van der Waals surface area contributed by atoms with Crippen molar-refractivity contribution in [3.05, 3.63) is 16.8 Å². The molecular weight excluding hydrogens is 356 g/mol. The summed E-state index contributed by atoms with van der Waals surface area (Å²) in [6.45, 7) is 3.75. The van der Waals surface area contributed by atoms with Crippen LogP contribution in [0.4, 0.5) is 0 Å². The van der Waals surface area contributed by atoms with Gasteiger partial charge in [-0.25, -0.2) is 0 Å². The second-order valence-corrected chi connectivity index (χ2v) is 8.84. The van der Waals surface area contributed by atoms with Gasteiger partial charge in [0.25, 0.3) is 0 Å². The van der Waals surface area contributed by atoms with Crippen molar-refractivity contribution in [1.29, 1.82) is 5.26 Å². The molecular formula is C21H30N4OS. The highest BCUT2D eigenvalue weighted by atomic mass is 32.2. The van der Waals surface area contributed by atoms with Crippen LogP contribution in [0.3, 0.4) is 0 Å². The molecule has 2 fully saturated rings. The quantitative estimate of drug-likeness (QED) is 0.694. The molecule has 0 aliphatic heterocycles. The fourth-order valence-corrected chi connectivity index (χ4v) is 5.30. The number of nitrogens with zero attached hydrogens (tertiary/aromatic N) is 4. The monoisotopic (exact) mass is 386 g/mol. The Bertz CT molecular complexity index is 685. The van der Waals surface area contributed by atoms with Crippen molar-refractivity contribution in [2.75, 3.05) is 5.75 Å². The summed E-state index contributed by atoms with van der Waals surface area (Å²) in [5, 5.41) is 18.4. The molecule has 27 heavy (non-hydrogen) atoms. The van der Waals surface area contributed by atoms with Crippen molar-refractivity contribution in [1.82, 2.24) is 15.1 Å². The van der Waals surface area contributed by atoms with Gasteiger partial charge in [-0.05, 0) is 45.1 Å². The van der Waals surface area contributed by atoms with Crippen molar-refractivity contribution in [3.63, 3.8) is 0 Å². The van der Waals surface area contributed by atoms with Crippen LogP contribution in [0.15, 0.2) is 5.03 Å². The SMILES string of the molecule is Cc1nnc(SCC(=O)N(C2CCCCC2)C2CCCCC2)c(C#N)c1C. The minimum Gasteiger partial charge on any atom is -0.336 e. The third-order valence-corrected chi connectivity index (χ3v) is 7.04. The molecule has 6 heteroatoms. The predicted molar refractivity (Wildman–Crippen MR) is 108 cm³/mol. The minimum absolute atomic E-state index is 0.211. The molecule has 5 nitrogen and oxygen atoms in total. The standard InChI is InChI=1S/C21H30N4OS/c1-15-16(2)23-24-21(19(15)13-22)27-14-20(26)25(17-9-5-3-6-10-17)18-11-7-4-8-12-18/h17-18H,3-12,14H2,1-2H3. The molecule has 2 saturated carbocycles. The van der Waals surface area contributed by atoms with Crippen molar-refractivity contribution in [2.24, 2.45) is 0 Å². The molecule has 146 valence electrons. The number of amides is 1. The molecule has 0 saturated heterocycles. The lowest BCUT2D eigenvalue weighted by Gasteiger charge is -2.41. The zero-order chi connectivity index (χ0) is 19.2. The molecule has 3 rings (SSSR count). The maximum absolute atomic E-state index is 13.2. The van der Waals surface area contributed by atoms with Crippen molar-refractivity contribution >= 4 is 17.7 Å². The Balaban J connectivity index is 1.72. The van der Waals surface area contributed by atoms with E-state index in [4.69, 9.17) is 0 Å². The van der Waals surface area contributed by atoms with Gasteiger partial charge in [0.05, 0.1) is 17.0 Å². The molecule has 1 amide bonds. The van der Waals surface area contributed by atoms with Gasteiger partial charge in [-0.1, -0.05) is 50.3 Å². The summed E-state index contributed by atoms with van der Waals surface area (Å²) < 4.78 is 0. The summed E-state index contributed by atoms with van der Waals surface area (Å²) in [5.74, 6) is 0.557. The van der Waals surface area contributed by atoms with Crippen LogP contribution < -0.4 is 0 Å². The fourth-order valence-electron chi connectivity index (χ4n) is 4.45. The first-order chi connectivity index (χ1) is 13.1. The van der Waals surface area contributed by atoms with Crippen LogP contribution in [0.2, 0.25) is 0 Å². The van der Waals surface area contributed by atoms with Crippen LogP contribution >= 0.6 is 11.8 Å². The number of aryl methyl sites for hydroxylation is 1. The van der Waals surface area contributed by atoms with Crippen LogP contribution in [0, 0.1) is 25.2 Å². The van der Waals surface area contributed by atoms with Gasteiger partial charge in [-0.3, -0.25) is 4.79 Å². The molecule has 0 atom stereocenters. The average molecular weight is 387 g/mol. The van der Waals surface area contributed by atoms with Gasteiger partial charge in [0.2, 0.25) is 5.91 Å². The summed E-state index contributed by atoms with van der Waals surface area (Å²) in [5.41, 5.74) is 2.19. The Hall–Kier alpha value is -1.61. The summed E-state index contributed by atoms with van der Waals surface area (Å²) in [6.07, 6.45) is 12.1. The van der Waals surface area contributed by atoms with Gasteiger partial charge in [-0.15, -0.1) is 5.10 Å². The maximum Gasteiger partial charge on any atom is 0.233 e. The van der Waals surface area contributed by atoms with E-state index in [0.29, 0.717) is 28.4 Å². The lowest BCUT2D eigenvalue weighted by molar-refractivity contribution is -0.135. The molecule has 0 spiro atoms. The van der Waals surface area contributed by atoms with Crippen molar-refractivity contribution in [2.45, 2.75) is 95.2 Å². The lowest BCUT2D eigenvalue weighted by atomic mass is 9.88. The molecule has 1 aromatic rings. The first-order valence-corrected chi connectivity index (χ1v) is 11.3. The first-order valence-electron chi connectivity index (χ1n) is 10.3. The number of aromatic nitrogens is 2. The number of thioether (sulfide) groups is 1. The van der Waals surface area contributed by atoms with Gasteiger partial charge < -0.3 is 4.90 Å². The Morgan fingerprint density at radius 2 is 1.59 bits per heavy atom. The normalized spacial score (nSPS) is 18.9. The van der Waals surface area contributed by atoms with Gasteiger partial charge in [0.15, 0.2) is 0 Å². The Morgan fingerprint density at radius 3 is 2.11 bits per heavy atom. The molecule has 0 N–H and O–H groups in total. The van der Waals surface area contributed by atoms with Crippen molar-refractivity contribution < 1.29 is 4.79 Å². The summed E-state index contributed by atoms with van der Waals surface area (Å²) >= 11 is 1.37. The predicted octanol–water partition coefficient (Wildman–Crippen LogP) is 4.55. The fraction of sp³-hybridized carbons (Fsp3) is 0.714. The molecule has 0 radical (unpaired) electrons. The van der Waals surface area contributed by atoms with E-state index in [9.17, 15) is 10.1 Å². The van der Waals surface area contributed by atoms with E-state index < -0.39 is 0 Å². The van der Waals surface area contributed by atoms with Gasteiger partial charge in [0, 0.05) is 12.1 Å². The number of carbonyl (C=O) groups excluding carboxylic acids is 1. The smallest absolute Gasteiger partial charge is 0.233 e. The van der Waals surface area contributed by atoms with Crippen LogP contribution in [0.5, 0.6) is 0 Å². The second kappa shape index (κ2) is 9.54. The highest BCUT2D eigenvalue weighted by Crippen LogP contribution is 2.32. The molecule has 1 aromatic heterocycles. The van der Waals surface area contributed by atoms with Crippen LogP contribution in [-0.4, -0.2) is 38.8 Å². The lowest BCUT2D eigenvalue weighted by Crippen LogP contribution is -2.49. The van der Waals surface area contributed by atoms with Crippen LogP contribution in [-0.2, 0) is 4.79 Å². The first kappa shape index (κ1) is 20.1. The molecule has 2 aliphatic carbocycles. The van der Waals surface area contributed by atoms with E-state index in [1.807, 2.05) is 13.8 Å². The zero-order valence-corrected chi connectivity index (χ0v) is 17.4. The minimum atomic E-state index is 0.211. The van der Waals surface area contributed by atoms with E-state index >= 15 is 0 Å². The number of rotatable bonds is 5. The van der Waals surface area contributed by atoms with E-state index in [1.165, 1.54) is 50.3 Å². The largest absolute Gasteiger partial charge is 0.336 e. The Morgan fingerprint density at radius 1 is 1.04 bits per heavy atom. The molecule has 1 heterocycles. The van der Waals surface area contributed by atoms with E-state index in [1.54, 1.807) is 0 Å². The third kappa shape index (κ3) is 4.82. The molecule has 2 aliphatic rings. The van der Waals surface area contributed by atoms with Crippen LogP contribution in [0.1, 0.15) is 81.0 Å². The summed E-state index contributed by atoms with van der Waals surface area (Å²) in [4.78, 5) is 15.5. The van der Waals surface area contributed by atoms with Gasteiger partial charge >= 0.3 is 0 Å². The Labute approximate surface area is 166 Å². The topological polar surface area (TPSA) is 69.9 Å². The molecule has 0 bridgehead atoms. The Kier molecular flexibility index (Phi) is 7.12. The summed E-state index contributed by atoms with van der Waals surface area (Å²) in [7, 11) is 0. The number of hydrogen-bond donors (Lipinski definition) is 0. The number of carbonyl (C=O) groups is 1. The second-order valence-electron chi connectivity index (χ2n) is 7.88. The number of hydrogen-bond acceptors (Lipinski definition) is 5. The summed E-state index contributed by atoms with van der Waals surface area (Å²) in [6, 6.07) is 3.03. The number of nitriles is 1. The van der Waals surface area contributed by atoms with Crippen molar-refractivity contribution in [3.8, 4) is 6.07 Å².